The van der Waals surface area contributed by atoms with E-state index in [-0.39, 0.29) is 0 Å². The number of anilines is 1. The van der Waals surface area contributed by atoms with Crippen LogP contribution in [0.4, 0.5) is 5.13 Å². The monoisotopic (exact) mass is 283 g/mol. The molecular weight excluding hydrogens is 258 g/mol. The highest BCUT2D eigenvalue weighted by molar-refractivity contribution is 7.15. The van der Waals surface area contributed by atoms with Gasteiger partial charge in [0.05, 0.1) is 12.3 Å². The molecule has 2 rings (SSSR count). The Morgan fingerprint density at radius 3 is 2.95 bits per heavy atom. The zero-order valence-corrected chi connectivity index (χ0v) is 13.1. The van der Waals surface area contributed by atoms with Gasteiger partial charge in [0, 0.05) is 37.7 Å². The van der Waals surface area contributed by atoms with Crippen LogP contribution in [-0.4, -0.2) is 44.4 Å². The third-order valence-corrected chi connectivity index (χ3v) is 4.86. The van der Waals surface area contributed by atoms with Gasteiger partial charge in [0.1, 0.15) is 0 Å². The highest BCUT2D eigenvalue weighted by atomic mass is 32.1. The van der Waals surface area contributed by atoms with E-state index in [1.807, 2.05) is 11.3 Å². The molecule has 0 radical (unpaired) electrons. The zero-order valence-electron chi connectivity index (χ0n) is 12.2. The highest BCUT2D eigenvalue weighted by Crippen LogP contribution is 2.30. The summed E-state index contributed by atoms with van der Waals surface area (Å²) in [5.74, 6) is 0. The summed E-state index contributed by atoms with van der Waals surface area (Å²) in [6, 6.07) is 0.579. The Morgan fingerprint density at radius 2 is 2.26 bits per heavy atom. The third kappa shape index (κ3) is 3.91. The van der Waals surface area contributed by atoms with E-state index in [1.54, 1.807) is 7.11 Å². The number of nitrogens with one attached hydrogen (secondary N) is 1. The molecule has 19 heavy (non-hydrogen) atoms. The summed E-state index contributed by atoms with van der Waals surface area (Å²) < 4.78 is 5.08. The van der Waals surface area contributed by atoms with Crippen molar-refractivity contribution < 1.29 is 4.74 Å². The molecule has 1 aliphatic heterocycles. The van der Waals surface area contributed by atoms with Gasteiger partial charge in [0.15, 0.2) is 5.13 Å². The van der Waals surface area contributed by atoms with Crippen molar-refractivity contribution in [1.29, 1.82) is 0 Å². The molecule has 1 atom stereocenters. The van der Waals surface area contributed by atoms with E-state index in [9.17, 15) is 0 Å². The number of methoxy groups -OCH3 is 1. The summed E-state index contributed by atoms with van der Waals surface area (Å²) >= 11 is 1.83. The SMILES string of the molecule is COCCNCC1CCCCN1c1nc(C)c(C)s1. The molecule has 0 spiro atoms. The lowest BCUT2D eigenvalue weighted by Gasteiger charge is -2.35. The number of aromatic nitrogens is 1. The first kappa shape index (κ1) is 14.8. The number of hydrogen-bond acceptors (Lipinski definition) is 5. The van der Waals surface area contributed by atoms with Crippen molar-refractivity contribution in [1.82, 2.24) is 10.3 Å². The fourth-order valence-electron chi connectivity index (χ4n) is 2.49. The predicted molar refractivity (Wildman–Crippen MR) is 81.3 cm³/mol. The van der Waals surface area contributed by atoms with Crippen molar-refractivity contribution in [2.45, 2.75) is 39.2 Å². The lowest BCUT2D eigenvalue weighted by atomic mass is 10.0. The number of piperidine rings is 1. The molecule has 108 valence electrons. The number of nitrogens with zero attached hydrogens (tertiary/aromatic N) is 2. The second-order valence-corrected chi connectivity index (χ2v) is 6.36. The van der Waals surface area contributed by atoms with Crippen molar-refractivity contribution in [3.63, 3.8) is 0 Å². The summed E-state index contributed by atoms with van der Waals surface area (Å²) in [6.07, 6.45) is 3.88. The van der Waals surface area contributed by atoms with Gasteiger partial charge in [-0.3, -0.25) is 0 Å². The van der Waals surface area contributed by atoms with Crippen LogP contribution in [0.15, 0.2) is 0 Å². The first-order chi connectivity index (χ1) is 9.22. The summed E-state index contributed by atoms with van der Waals surface area (Å²) in [5, 5.41) is 4.69. The van der Waals surface area contributed by atoms with Crippen LogP contribution in [0.25, 0.3) is 0 Å². The van der Waals surface area contributed by atoms with Crippen LogP contribution in [0.2, 0.25) is 0 Å². The molecule has 0 aromatic carbocycles. The summed E-state index contributed by atoms with van der Waals surface area (Å²) in [6.45, 7) is 8.14. The van der Waals surface area contributed by atoms with Crippen LogP contribution >= 0.6 is 11.3 Å². The number of thiazole rings is 1. The molecule has 1 aliphatic rings. The minimum absolute atomic E-state index is 0.579. The molecule has 1 fully saturated rings. The standard InChI is InChI=1S/C14H25N3OS/c1-11-12(2)19-14(16-11)17-8-5-4-6-13(17)10-15-7-9-18-3/h13,15H,4-10H2,1-3H3. The normalized spacial score (nSPS) is 19.9. The minimum atomic E-state index is 0.579. The van der Waals surface area contributed by atoms with Gasteiger partial charge in [0.25, 0.3) is 0 Å². The van der Waals surface area contributed by atoms with Gasteiger partial charge in [-0.15, -0.1) is 11.3 Å². The lowest BCUT2D eigenvalue weighted by Crippen LogP contribution is -2.46. The first-order valence-corrected chi connectivity index (χ1v) is 7.94. The Balaban J connectivity index is 1.95. The van der Waals surface area contributed by atoms with Gasteiger partial charge in [0.2, 0.25) is 0 Å². The zero-order chi connectivity index (χ0) is 13.7. The van der Waals surface area contributed by atoms with Crippen molar-refractivity contribution in [3.05, 3.63) is 10.6 Å². The van der Waals surface area contributed by atoms with E-state index in [0.717, 1.165) is 26.2 Å². The Morgan fingerprint density at radius 1 is 1.42 bits per heavy atom. The maximum absolute atomic E-state index is 5.08. The van der Waals surface area contributed by atoms with Crippen LogP contribution in [0.3, 0.4) is 0 Å². The summed E-state index contributed by atoms with van der Waals surface area (Å²) in [4.78, 5) is 8.55. The van der Waals surface area contributed by atoms with Gasteiger partial charge in [-0.2, -0.15) is 0 Å². The molecule has 1 unspecified atom stereocenters. The third-order valence-electron chi connectivity index (χ3n) is 3.75. The second-order valence-electron chi connectivity index (χ2n) is 5.18. The molecule has 0 aliphatic carbocycles. The largest absolute Gasteiger partial charge is 0.383 e. The highest BCUT2D eigenvalue weighted by Gasteiger charge is 2.24. The van der Waals surface area contributed by atoms with Crippen molar-refractivity contribution in [2.24, 2.45) is 0 Å². The lowest BCUT2D eigenvalue weighted by molar-refractivity contribution is 0.198. The maximum Gasteiger partial charge on any atom is 0.186 e. The molecule has 4 nitrogen and oxygen atoms in total. The van der Waals surface area contributed by atoms with E-state index in [0.29, 0.717) is 6.04 Å². The number of hydrogen-bond donors (Lipinski definition) is 1. The van der Waals surface area contributed by atoms with Crippen molar-refractivity contribution in [3.8, 4) is 0 Å². The molecule has 1 aromatic heterocycles. The van der Waals surface area contributed by atoms with Gasteiger partial charge in [-0.1, -0.05) is 0 Å². The smallest absolute Gasteiger partial charge is 0.186 e. The fraction of sp³-hybridized carbons (Fsp3) is 0.786. The first-order valence-electron chi connectivity index (χ1n) is 7.12. The quantitative estimate of drug-likeness (QED) is 0.813. The van der Waals surface area contributed by atoms with Crippen LogP contribution in [0.5, 0.6) is 0 Å². The van der Waals surface area contributed by atoms with E-state index in [2.05, 4.69) is 24.1 Å². The van der Waals surface area contributed by atoms with Crippen LogP contribution < -0.4 is 10.2 Å². The van der Waals surface area contributed by atoms with E-state index in [1.165, 1.54) is 35.0 Å². The fourth-order valence-corrected chi connectivity index (χ4v) is 3.49. The van der Waals surface area contributed by atoms with Crippen molar-refractivity contribution >= 4 is 16.5 Å². The Bertz CT molecular complexity index is 375. The topological polar surface area (TPSA) is 37.4 Å². The molecular formula is C14H25N3OS. The van der Waals surface area contributed by atoms with Crippen LogP contribution in [-0.2, 0) is 4.74 Å². The molecule has 1 saturated heterocycles. The Hall–Kier alpha value is -0.650. The average molecular weight is 283 g/mol. The Kier molecular flexibility index (Phi) is 5.60. The average Bonchev–Trinajstić information content (AvgIpc) is 2.75. The van der Waals surface area contributed by atoms with Crippen molar-refractivity contribution in [2.75, 3.05) is 38.3 Å². The molecule has 0 amide bonds. The van der Waals surface area contributed by atoms with Crippen LogP contribution in [0, 0.1) is 13.8 Å². The maximum atomic E-state index is 5.08. The van der Waals surface area contributed by atoms with Gasteiger partial charge in [-0.05, 0) is 33.1 Å². The molecule has 0 bridgehead atoms. The molecule has 0 saturated carbocycles. The summed E-state index contributed by atoms with van der Waals surface area (Å²) in [5.41, 5.74) is 1.18. The number of rotatable bonds is 6. The number of aryl methyl sites for hydroxylation is 2. The summed E-state index contributed by atoms with van der Waals surface area (Å²) in [7, 11) is 1.75. The van der Waals surface area contributed by atoms with E-state index < -0.39 is 0 Å². The second kappa shape index (κ2) is 7.22. The van der Waals surface area contributed by atoms with Crippen LogP contribution in [0.1, 0.15) is 29.8 Å². The molecule has 2 heterocycles. The Labute approximate surface area is 120 Å². The van der Waals surface area contributed by atoms with Gasteiger partial charge in [-0.25, -0.2) is 4.98 Å². The molecule has 5 heteroatoms. The predicted octanol–water partition coefficient (Wildman–Crippen LogP) is 2.35. The minimum Gasteiger partial charge on any atom is -0.383 e. The number of ether oxygens (including phenoxy) is 1. The van der Waals surface area contributed by atoms with E-state index >= 15 is 0 Å². The van der Waals surface area contributed by atoms with Gasteiger partial charge < -0.3 is 15.0 Å². The van der Waals surface area contributed by atoms with Gasteiger partial charge >= 0.3 is 0 Å². The van der Waals surface area contributed by atoms with E-state index in [4.69, 9.17) is 9.72 Å². The molecule has 1 N–H and O–H groups in total. The molecule has 1 aromatic rings.